The zero-order valence-electron chi connectivity index (χ0n) is 15.8. The number of rotatable bonds is 6. The molecule has 1 aliphatic heterocycles. The van der Waals surface area contributed by atoms with Gasteiger partial charge in [0, 0.05) is 11.8 Å². The Morgan fingerprint density at radius 2 is 1.72 bits per heavy atom. The van der Waals surface area contributed by atoms with Crippen molar-refractivity contribution in [1.29, 1.82) is 0 Å². The van der Waals surface area contributed by atoms with E-state index >= 15 is 0 Å². The molecule has 1 heterocycles. The minimum Gasteiger partial charge on any atom is -0.497 e. The lowest BCUT2D eigenvalue weighted by molar-refractivity contribution is 0.184. The molecule has 29 heavy (non-hydrogen) atoms. The molecule has 0 aliphatic carbocycles. The van der Waals surface area contributed by atoms with Crippen LogP contribution in [0.4, 0.5) is 11.4 Å². The van der Waals surface area contributed by atoms with Crippen LogP contribution < -0.4 is 19.5 Å². The Kier molecular flexibility index (Phi) is 5.65. The van der Waals surface area contributed by atoms with Gasteiger partial charge in [-0.05, 0) is 36.4 Å². The summed E-state index contributed by atoms with van der Waals surface area (Å²) in [5, 5.41) is 10.4. The van der Waals surface area contributed by atoms with Gasteiger partial charge in [-0.2, -0.15) is 0 Å². The third-order valence-corrected chi connectivity index (χ3v) is 8.22. The summed E-state index contributed by atoms with van der Waals surface area (Å²) in [6.07, 6.45) is -1.39. The summed E-state index contributed by atoms with van der Waals surface area (Å²) in [6.45, 7) is 0. The number of anilines is 2. The van der Waals surface area contributed by atoms with E-state index in [-0.39, 0.29) is 22.1 Å². The summed E-state index contributed by atoms with van der Waals surface area (Å²) in [7, 11) is -5.24. The molecule has 0 amide bonds. The fraction of sp³-hybridized carbons (Fsp3) is 0.333. The van der Waals surface area contributed by atoms with E-state index in [0.717, 1.165) is 4.31 Å². The van der Waals surface area contributed by atoms with Crippen molar-refractivity contribution in [3.05, 3.63) is 42.5 Å². The molecule has 0 spiro atoms. The van der Waals surface area contributed by atoms with Crippen LogP contribution in [-0.2, 0) is 19.9 Å². The Morgan fingerprint density at radius 1 is 1.07 bits per heavy atom. The zero-order valence-corrected chi connectivity index (χ0v) is 17.5. The Hall–Kier alpha value is -2.50. The molecular formula is C18H22N2O7S2. The van der Waals surface area contributed by atoms with Crippen molar-refractivity contribution in [2.24, 2.45) is 0 Å². The van der Waals surface area contributed by atoms with Crippen LogP contribution in [0, 0.1) is 0 Å². The van der Waals surface area contributed by atoms with Crippen molar-refractivity contribution in [3.8, 4) is 11.5 Å². The molecule has 9 nitrogen and oxygen atoms in total. The molecular weight excluding hydrogens is 420 g/mol. The van der Waals surface area contributed by atoms with Crippen molar-refractivity contribution >= 4 is 31.2 Å². The van der Waals surface area contributed by atoms with Gasteiger partial charge >= 0.3 is 0 Å². The molecule has 1 fully saturated rings. The standard InChI is InChI=1S/C18H22N2O7S2/c1-26-14-7-8-17(27-2)18(9-14)29(24,25)20(13-5-3-12(19)4-6-13)15-10-28(22,23)11-16(15)21/h3-9,15-16,21H,10-11,19H2,1-2H3/t15-,16+/m1/s1. The van der Waals surface area contributed by atoms with Crippen LogP contribution in [0.25, 0.3) is 0 Å². The van der Waals surface area contributed by atoms with Gasteiger partial charge in [-0.1, -0.05) is 0 Å². The highest BCUT2D eigenvalue weighted by Gasteiger charge is 2.45. The highest BCUT2D eigenvalue weighted by atomic mass is 32.2. The lowest BCUT2D eigenvalue weighted by Crippen LogP contribution is -2.47. The summed E-state index contributed by atoms with van der Waals surface area (Å²) in [5.41, 5.74) is 6.28. The fourth-order valence-electron chi connectivity index (χ4n) is 3.26. The zero-order chi connectivity index (χ0) is 21.4. The van der Waals surface area contributed by atoms with Gasteiger partial charge in [0.15, 0.2) is 9.84 Å². The lowest BCUT2D eigenvalue weighted by atomic mass is 10.2. The molecule has 0 unspecified atom stereocenters. The average molecular weight is 443 g/mol. The van der Waals surface area contributed by atoms with Crippen molar-refractivity contribution < 1.29 is 31.4 Å². The number of nitrogens with zero attached hydrogens (tertiary/aromatic N) is 1. The second-order valence-electron chi connectivity index (χ2n) is 6.62. The number of aliphatic hydroxyl groups excluding tert-OH is 1. The minimum atomic E-state index is -4.35. The van der Waals surface area contributed by atoms with Gasteiger partial charge < -0.3 is 20.3 Å². The van der Waals surface area contributed by atoms with E-state index in [0.29, 0.717) is 5.69 Å². The number of benzene rings is 2. The number of methoxy groups -OCH3 is 2. The van der Waals surface area contributed by atoms with E-state index in [1.807, 2.05) is 0 Å². The molecule has 0 aromatic heterocycles. The van der Waals surface area contributed by atoms with E-state index in [2.05, 4.69) is 0 Å². The summed E-state index contributed by atoms with van der Waals surface area (Å²) >= 11 is 0. The summed E-state index contributed by atoms with van der Waals surface area (Å²) < 4.78 is 62.7. The first-order valence-electron chi connectivity index (χ1n) is 8.59. The number of hydrogen-bond donors (Lipinski definition) is 2. The number of sulfonamides is 1. The third kappa shape index (κ3) is 4.11. The van der Waals surface area contributed by atoms with Crippen molar-refractivity contribution in [3.63, 3.8) is 0 Å². The number of ether oxygens (including phenoxy) is 2. The third-order valence-electron chi connectivity index (χ3n) is 4.65. The molecule has 2 aromatic rings. The second-order valence-corrected chi connectivity index (χ2v) is 10.6. The smallest absolute Gasteiger partial charge is 0.268 e. The molecule has 0 bridgehead atoms. The molecule has 3 N–H and O–H groups in total. The van der Waals surface area contributed by atoms with Gasteiger partial charge in [0.2, 0.25) is 0 Å². The first-order valence-corrected chi connectivity index (χ1v) is 11.9. The minimum absolute atomic E-state index is 0.0570. The Bertz CT molecular complexity index is 1100. The van der Waals surface area contributed by atoms with E-state index in [9.17, 15) is 21.9 Å². The monoisotopic (exact) mass is 442 g/mol. The van der Waals surface area contributed by atoms with E-state index in [1.54, 1.807) is 6.07 Å². The summed E-state index contributed by atoms with van der Waals surface area (Å²) in [6, 6.07) is 8.97. The van der Waals surface area contributed by atoms with E-state index in [4.69, 9.17) is 15.2 Å². The number of aliphatic hydroxyl groups is 1. The summed E-state index contributed by atoms with van der Waals surface area (Å²) in [5.74, 6) is -0.694. The normalized spacial score (nSPS) is 20.9. The molecule has 1 saturated heterocycles. The predicted octanol–water partition coefficient (Wildman–Crippen LogP) is 0.639. The van der Waals surface area contributed by atoms with Crippen LogP contribution in [0.3, 0.4) is 0 Å². The number of nitrogens with two attached hydrogens (primary N) is 1. The number of nitrogen functional groups attached to an aromatic ring is 1. The van der Waals surface area contributed by atoms with Crippen molar-refractivity contribution in [1.82, 2.24) is 0 Å². The van der Waals surface area contributed by atoms with Crippen LogP contribution in [0.5, 0.6) is 11.5 Å². The maximum absolute atomic E-state index is 13.7. The van der Waals surface area contributed by atoms with Crippen LogP contribution in [0.1, 0.15) is 0 Å². The Balaban J connectivity index is 2.22. The maximum atomic E-state index is 13.7. The van der Waals surface area contributed by atoms with Crippen molar-refractivity contribution in [2.45, 2.75) is 17.0 Å². The Labute approximate surface area is 169 Å². The maximum Gasteiger partial charge on any atom is 0.268 e. The molecule has 1 aliphatic rings. The molecule has 158 valence electrons. The number of sulfone groups is 1. The quantitative estimate of drug-likeness (QED) is 0.622. The van der Waals surface area contributed by atoms with Gasteiger partial charge in [-0.25, -0.2) is 16.8 Å². The van der Waals surface area contributed by atoms with Crippen LogP contribution in [0.15, 0.2) is 47.4 Å². The highest BCUT2D eigenvalue weighted by molar-refractivity contribution is 7.93. The predicted molar refractivity (Wildman–Crippen MR) is 109 cm³/mol. The topological polar surface area (TPSA) is 136 Å². The van der Waals surface area contributed by atoms with Gasteiger partial charge in [-0.15, -0.1) is 0 Å². The van der Waals surface area contributed by atoms with Crippen LogP contribution >= 0.6 is 0 Å². The Morgan fingerprint density at radius 3 is 2.24 bits per heavy atom. The average Bonchev–Trinajstić information content (AvgIpc) is 2.94. The van der Waals surface area contributed by atoms with Crippen LogP contribution in [-0.4, -0.2) is 59.8 Å². The summed E-state index contributed by atoms with van der Waals surface area (Å²) in [4.78, 5) is -0.215. The van der Waals surface area contributed by atoms with E-state index in [1.165, 1.54) is 50.6 Å². The van der Waals surface area contributed by atoms with Gasteiger partial charge in [0.05, 0.1) is 43.6 Å². The van der Waals surface area contributed by atoms with Gasteiger partial charge in [-0.3, -0.25) is 4.31 Å². The molecule has 2 aromatic carbocycles. The second kappa shape index (κ2) is 7.73. The fourth-order valence-corrected chi connectivity index (χ4v) is 6.97. The molecule has 0 radical (unpaired) electrons. The van der Waals surface area contributed by atoms with Gasteiger partial charge in [0.1, 0.15) is 16.4 Å². The first kappa shape index (κ1) is 21.2. The molecule has 2 atom stereocenters. The van der Waals surface area contributed by atoms with Gasteiger partial charge in [0.25, 0.3) is 10.0 Å². The van der Waals surface area contributed by atoms with Crippen molar-refractivity contribution in [2.75, 3.05) is 35.8 Å². The molecule has 3 rings (SSSR count). The number of hydrogen-bond acceptors (Lipinski definition) is 8. The van der Waals surface area contributed by atoms with E-state index < -0.39 is 43.5 Å². The lowest BCUT2D eigenvalue weighted by Gasteiger charge is -2.32. The van der Waals surface area contributed by atoms with Crippen LogP contribution in [0.2, 0.25) is 0 Å². The molecule has 0 saturated carbocycles. The largest absolute Gasteiger partial charge is 0.497 e. The molecule has 11 heteroatoms. The SMILES string of the molecule is COc1ccc(OC)c(S(=O)(=O)N(c2ccc(N)cc2)[C@@H]2CS(=O)(=O)C[C@@H]2O)c1. The highest BCUT2D eigenvalue weighted by Crippen LogP contribution is 2.36. The first-order chi connectivity index (χ1) is 13.6.